The van der Waals surface area contributed by atoms with Crippen LogP contribution in [0.2, 0.25) is 0 Å². The summed E-state index contributed by atoms with van der Waals surface area (Å²) in [5, 5.41) is 10.8. The second kappa shape index (κ2) is 6.48. The van der Waals surface area contributed by atoms with Crippen LogP contribution in [-0.4, -0.2) is 26.5 Å². The zero-order valence-corrected chi connectivity index (χ0v) is 11.8. The first-order chi connectivity index (χ1) is 9.56. The molecule has 0 bridgehead atoms. The molecule has 0 saturated heterocycles. The van der Waals surface area contributed by atoms with E-state index in [2.05, 4.69) is 16.8 Å². The van der Waals surface area contributed by atoms with Crippen molar-refractivity contribution in [2.45, 2.75) is 30.9 Å². The summed E-state index contributed by atoms with van der Waals surface area (Å²) in [7, 11) is -0.826. The van der Waals surface area contributed by atoms with Gasteiger partial charge in [0.2, 0.25) is 5.76 Å². The number of amidine groups is 1. The summed E-state index contributed by atoms with van der Waals surface area (Å²) in [6.45, 7) is 0. The summed E-state index contributed by atoms with van der Waals surface area (Å²) in [4.78, 5) is 13.8. The van der Waals surface area contributed by atoms with Crippen LogP contribution in [0.5, 0.6) is 0 Å². The average Bonchev–Trinajstić information content (AvgIpc) is 2.65. The number of hydrogen-bond donors (Lipinski definition) is 0. The average molecular weight is 294 g/mol. The third kappa shape index (κ3) is 3.78. The van der Waals surface area contributed by atoms with E-state index in [-0.39, 0.29) is 17.5 Å². The molecule has 0 spiro atoms. The third-order valence-corrected chi connectivity index (χ3v) is 4.40. The molecule has 2 rings (SSSR count). The standard InChI is InChI=1S/C13H14N2O4S/c1-20(18)12-7-5-10(6-8-12)19-11-3-2-4-13(14-9-11)15(16)17/h5,9,12H,4,6-8H2,1H3. The highest BCUT2D eigenvalue weighted by molar-refractivity contribution is 7.84. The van der Waals surface area contributed by atoms with Gasteiger partial charge in [0.1, 0.15) is 12.2 Å². The lowest BCUT2D eigenvalue weighted by Gasteiger charge is -2.19. The van der Waals surface area contributed by atoms with Crippen LogP contribution in [-0.2, 0) is 15.5 Å². The Balaban J connectivity index is 2.02. The van der Waals surface area contributed by atoms with E-state index in [0.29, 0.717) is 18.6 Å². The molecule has 7 heteroatoms. The van der Waals surface area contributed by atoms with E-state index in [1.54, 1.807) is 6.26 Å². The Morgan fingerprint density at radius 2 is 2.40 bits per heavy atom. The van der Waals surface area contributed by atoms with Crippen molar-refractivity contribution < 1.29 is 13.9 Å². The van der Waals surface area contributed by atoms with Crippen molar-refractivity contribution in [3.8, 4) is 11.8 Å². The molecule has 0 fully saturated rings. The first-order valence-electron chi connectivity index (χ1n) is 6.15. The normalized spacial score (nSPS) is 23.2. The van der Waals surface area contributed by atoms with E-state index < -0.39 is 15.7 Å². The SMILES string of the molecule is CS(=O)C1CC=C(OC2=CN=C([N+](=O)[O-])CC#C2)CC1. The first kappa shape index (κ1) is 14.5. The van der Waals surface area contributed by atoms with Crippen molar-refractivity contribution >= 4 is 16.6 Å². The van der Waals surface area contributed by atoms with Gasteiger partial charge in [0, 0.05) is 28.7 Å². The molecule has 1 heterocycles. The van der Waals surface area contributed by atoms with Gasteiger partial charge in [0.25, 0.3) is 0 Å². The Hall–Kier alpha value is -1.94. The second-order valence-corrected chi connectivity index (χ2v) is 6.11. The number of nitro groups is 1. The van der Waals surface area contributed by atoms with Gasteiger partial charge in [-0.1, -0.05) is 5.92 Å². The van der Waals surface area contributed by atoms with E-state index in [0.717, 1.165) is 12.2 Å². The molecule has 0 radical (unpaired) electrons. The van der Waals surface area contributed by atoms with Gasteiger partial charge in [-0.25, -0.2) is 0 Å². The molecule has 0 amide bonds. The highest BCUT2D eigenvalue weighted by atomic mass is 32.2. The van der Waals surface area contributed by atoms with Crippen LogP contribution in [0.1, 0.15) is 25.7 Å². The lowest BCUT2D eigenvalue weighted by atomic mass is 10.1. The highest BCUT2D eigenvalue weighted by Crippen LogP contribution is 2.24. The molecule has 0 saturated carbocycles. The lowest BCUT2D eigenvalue weighted by Crippen LogP contribution is -2.17. The summed E-state index contributed by atoms with van der Waals surface area (Å²) in [6.07, 6.45) is 7.10. The van der Waals surface area contributed by atoms with Gasteiger partial charge in [0.05, 0.1) is 0 Å². The predicted molar refractivity (Wildman–Crippen MR) is 75.8 cm³/mol. The van der Waals surface area contributed by atoms with Crippen LogP contribution < -0.4 is 0 Å². The topological polar surface area (TPSA) is 81.8 Å². The van der Waals surface area contributed by atoms with E-state index >= 15 is 0 Å². The Morgan fingerprint density at radius 3 is 3.00 bits per heavy atom. The minimum Gasteiger partial charge on any atom is -0.449 e. The Morgan fingerprint density at radius 1 is 1.60 bits per heavy atom. The Kier molecular flexibility index (Phi) is 4.69. The van der Waals surface area contributed by atoms with E-state index in [4.69, 9.17) is 4.74 Å². The molecule has 2 atom stereocenters. The van der Waals surface area contributed by atoms with Crippen molar-refractivity contribution in [1.29, 1.82) is 0 Å². The zero-order valence-electron chi connectivity index (χ0n) is 11.0. The molecule has 0 N–H and O–H groups in total. The minimum absolute atomic E-state index is 0.00625. The number of rotatable bonds is 3. The van der Waals surface area contributed by atoms with Crippen LogP contribution in [0, 0.1) is 22.0 Å². The number of aliphatic imine (C=N–C) groups is 1. The van der Waals surface area contributed by atoms with Gasteiger partial charge in [-0.05, 0) is 34.8 Å². The number of ether oxygens (including phenoxy) is 1. The Bertz CT molecular complexity index is 595. The van der Waals surface area contributed by atoms with Crippen LogP contribution in [0.15, 0.2) is 28.8 Å². The Labute approximate surface area is 119 Å². The molecule has 0 aromatic heterocycles. The monoisotopic (exact) mass is 294 g/mol. The van der Waals surface area contributed by atoms with E-state index in [1.807, 2.05) is 6.08 Å². The molecular formula is C13H14N2O4S. The van der Waals surface area contributed by atoms with Crippen LogP contribution in [0.4, 0.5) is 0 Å². The fourth-order valence-corrected chi connectivity index (χ4v) is 2.72. The van der Waals surface area contributed by atoms with Crippen LogP contribution in [0.3, 0.4) is 0 Å². The molecule has 2 aliphatic rings. The van der Waals surface area contributed by atoms with Gasteiger partial charge >= 0.3 is 5.84 Å². The summed E-state index contributed by atoms with van der Waals surface area (Å²) in [6, 6.07) is 0. The van der Waals surface area contributed by atoms with Crippen molar-refractivity contribution in [2.75, 3.05) is 6.26 Å². The fraction of sp³-hybridized carbons (Fsp3) is 0.462. The van der Waals surface area contributed by atoms with Gasteiger partial charge in [-0.3, -0.25) is 4.21 Å². The van der Waals surface area contributed by atoms with Crippen molar-refractivity contribution in [3.05, 3.63) is 33.9 Å². The highest BCUT2D eigenvalue weighted by Gasteiger charge is 2.19. The summed E-state index contributed by atoms with van der Waals surface area (Å²) >= 11 is 0. The van der Waals surface area contributed by atoms with Crippen molar-refractivity contribution in [1.82, 2.24) is 0 Å². The smallest absolute Gasteiger partial charge is 0.350 e. The van der Waals surface area contributed by atoms with Gasteiger partial charge in [0.15, 0.2) is 6.20 Å². The molecule has 20 heavy (non-hydrogen) atoms. The van der Waals surface area contributed by atoms with E-state index in [1.165, 1.54) is 6.20 Å². The largest absolute Gasteiger partial charge is 0.449 e. The predicted octanol–water partition coefficient (Wildman–Crippen LogP) is 1.74. The molecule has 0 aromatic carbocycles. The maximum absolute atomic E-state index is 11.4. The van der Waals surface area contributed by atoms with Crippen molar-refractivity contribution in [2.24, 2.45) is 4.99 Å². The summed E-state index contributed by atoms with van der Waals surface area (Å²) in [5.74, 6) is 6.25. The van der Waals surface area contributed by atoms with Crippen LogP contribution >= 0.6 is 0 Å². The number of hydrogen-bond acceptors (Lipinski definition) is 5. The fourth-order valence-electron chi connectivity index (χ4n) is 1.91. The molecule has 2 unspecified atom stereocenters. The zero-order chi connectivity index (χ0) is 14.5. The van der Waals surface area contributed by atoms with E-state index in [9.17, 15) is 14.3 Å². The molecular weight excluding hydrogens is 280 g/mol. The van der Waals surface area contributed by atoms with Gasteiger partial charge in [-0.2, -0.15) is 0 Å². The molecule has 6 nitrogen and oxygen atoms in total. The van der Waals surface area contributed by atoms with Crippen molar-refractivity contribution in [3.63, 3.8) is 0 Å². The van der Waals surface area contributed by atoms with Gasteiger partial charge < -0.3 is 14.9 Å². The van der Waals surface area contributed by atoms with Crippen LogP contribution in [0.25, 0.3) is 0 Å². The first-order valence-corrected chi connectivity index (χ1v) is 7.77. The minimum atomic E-state index is -0.826. The lowest BCUT2D eigenvalue weighted by molar-refractivity contribution is -0.352. The molecule has 0 aromatic rings. The van der Waals surface area contributed by atoms with Gasteiger partial charge in [-0.15, -0.1) is 0 Å². The summed E-state index contributed by atoms with van der Waals surface area (Å²) < 4.78 is 17.0. The number of nitrogens with zero attached hydrogens (tertiary/aromatic N) is 2. The quantitative estimate of drug-likeness (QED) is 0.451. The molecule has 1 aliphatic heterocycles. The molecule has 106 valence electrons. The maximum Gasteiger partial charge on any atom is 0.350 e. The summed E-state index contributed by atoms with van der Waals surface area (Å²) in [5.41, 5.74) is 0. The molecule has 1 aliphatic carbocycles. The maximum atomic E-state index is 11.4. The number of allylic oxidation sites excluding steroid dienone is 3. The second-order valence-electron chi connectivity index (χ2n) is 4.44. The third-order valence-electron chi connectivity index (χ3n) is 3.03.